The van der Waals surface area contributed by atoms with E-state index in [4.69, 9.17) is 4.74 Å². The first-order chi connectivity index (χ1) is 13.7. The molecule has 7 nitrogen and oxygen atoms in total. The van der Waals surface area contributed by atoms with Crippen LogP contribution < -0.4 is 9.64 Å². The van der Waals surface area contributed by atoms with Gasteiger partial charge in [0, 0.05) is 32.2 Å². The van der Waals surface area contributed by atoms with E-state index in [0.29, 0.717) is 17.4 Å². The molecule has 0 atom stereocenters. The number of ether oxygens (including phenoxy) is 1. The second-order valence-corrected chi connectivity index (χ2v) is 6.44. The highest BCUT2D eigenvalue weighted by atomic mass is 19.4. The molecule has 0 bridgehead atoms. The number of methoxy groups -OCH3 is 1. The molecule has 1 saturated heterocycles. The van der Waals surface area contributed by atoms with Crippen molar-refractivity contribution in [3.05, 3.63) is 63.7 Å². The molecule has 0 unspecified atom stereocenters. The average Bonchev–Trinajstić information content (AvgIpc) is 2.72. The molecule has 2 aromatic carbocycles. The second-order valence-electron chi connectivity index (χ2n) is 6.44. The summed E-state index contributed by atoms with van der Waals surface area (Å²) in [6, 6.07) is 9.27. The van der Waals surface area contributed by atoms with E-state index >= 15 is 0 Å². The van der Waals surface area contributed by atoms with Gasteiger partial charge >= 0.3 is 6.18 Å². The van der Waals surface area contributed by atoms with Crippen molar-refractivity contribution in [3.8, 4) is 5.75 Å². The predicted molar refractivity (Wildman–Crippen MR) is 99.2 cm³/mol. The summed E-state index contributed by atoms with van der Waals surface area (Å²) in [6.45, 7) is 1.06. The highest BCUT2D eigenvalue weighted by Gasteiger charge is 2.34. The standard InChI is InChI=1S/C19H18F3N3O4/c1-29-17-5-3-2-4-14(17)18(26)24-10-8-23(9-11-24)15-7-6-13(19(20,21)22)12-16(15)25(27)28/h2-7,12H,8-11H2,1H3. The zero-order valence-corrected chi connectivity index (χ0v) is 15.5. The number of piperazine rings is 1. The van der Waals surface area contributed by atoms with Crippen LogP contribution in [-0.2, 0) is 6.18 Å². The van der Waals surface area contributed by atoms with Gasteiger partial charge in [0.05, 0.1) is 23.2 Å². The minimum absolute atomic E-state index is 0.104. The van der Waals surface area contributed by atoms with E-state index in [2.05, 4.69) is 0 Å². The largest absolute Gasteiger partial charge is 0.496 e. The molecule has 3 rings (SSSR count). The molecule has 1 aliphatic heterocycles. The van der Waals surface area contributed by atoms with Crippen LogP contribution in [0.5, 0.6) is 5.75 Å². The zero-order valence-electron chi connectivity index (χ0n) is 15.5. The molecule has 154 valence electrons. The lowest BCUT2D eigenvalue weighted by Gasteiger charge is -2.36. The van der Waals surface area contributed by atoms with Gasteiger partial charge < -0.3 is 14.5 Å². The van der Waals surface area contributed by atoms with Crippen LogP contribution in [0.1, 0.15) is 15.9 Å². The molecular weight excluding hydrogens is 391 g/mol. The fourth-order valence-corrected chi connectivity index (χ4v) is 3.26. The fourth-order valence-electron chi connectivity index (χ4n) is 3.26. The Morgan fingerprint density at radius 3 is 2.34 bits per heavy atom. The molecule has 1 amide bonds. The monoisotopic (exact) mass is 409 g/mol. The molecule has 1 fully saturated rings. The number of hydrogen-bond donors (Lipinski definition) is 0. The van der Waals surface area contributed by atoms with Crippen LogP contribution in [0.15, 0.2) is 42.5 Å². The van der Waals surface area contributed by atoms with E-state index in [1.54, 1.807) is 34.1 Å². The molecule has 1 heterocycles. The van der Waals surface area contributed by atoms with Crippen LogP contribution in [0.2, 0.25) is 0 Å². The Balaban J connectivity index is 1.77. The van der Waals surface area contributed by atoms with E-state index in [9.17, 15) is 28.1 Å². The lowest BCUT2D eigenvalue weighted by atomic mass is 10.1. The maximum Gasteiger partial charge on any atom is 0.416 e. The highest BCUT2D eigenvalue weighted by Crippen LogP contribution is 2.36. The van der Waals surface area contributed by atoms with Crippen LogP contribution in [0.25, 0.3) is 0 Å². The molecular formula is C19H18F3N3O4. The Labute approximate surface area is 164 Å². The lowest BCUT2D eigenvalue weighted by Crippen LogP contribution is -2.49. The lowest BCUT2D eigenvalue weighted by molar-refractivity contribution is -0.384. The number of carbonyl (C=O) groups excluding carboxylic acids is 1. The number of nitrogens with zero attached hydrogens (tertiary/aromatic N) is 3. The minimum Gasteiger partial charge on any atom is -0.496 e. The number of amides is 1. The van der Waals surface area contributed by atoms with E-state index in [0.717, 1.165) is 12.1 Å². The first-order valence-corrected chi connectivity index (χ1v) is 8.75. The summed E-state index contributed by atoms with van der Waals surface area (Å²) in [4.78, 5) is 26.4. The number of benzene rings is 2. The summed E-state index contributed by atoms with van der Waals surface area (Å²) in [5, 5.41) is 11.3. The first kappa shape index (κ1) is 20.4. The smallest absolute Gasteiger partial charge is 0.416 e. The molecule has 0 saturated carbocycles. The van der Waals surface area contributed by atoms with E-state index in [-0.39, 0.29) is 37.8 Å². The predicted octanol–water partition coefficient (Wildman–Crippen LogP) is 3.58. The Bertz CT molecular complexity index is 925. The normalized spacial score (nSPS) is 14.6. The topological polar surface area (TPSA) is 75.9 Å². The van der Waals surface area contributed by atoms with E-state index in [1.807, 2.05) is 0 Å². The zero-order chi connectivity index (χ0) is 21.2. The third-order valence-corrected chi connectivity index (χ3v) is 4.74. The number of anilines is 1. The van der Waals surface area contributed by atoms with E-state index in [1.165, 1.54) is 7.11 Å². The van der Waals surface area contributed by atoms with Crippen LogP contribution in [0, 0.1) is 10.1 Å². The maximum atomic E-state index is 12.9. The number of halogens is 3. The second kappa shape index (κ2) is 7.98. The molecule has 0 N–H and O–H groups in total. The number of carbonyl (C=O) groups is 1. The van der Waals surface area contributed by atoms with Crippen molar-refractivity contribution in [3.63, 3.8) is 0 Å². The van der Waals surface area contributed by atoms with Gasteiger partial charge in [-0.1, -0.05) is 12.1 Å². The Morgan fingerprint density at radius 1 is 1.10 bits per heavy atom. The van der Waals surface area contributed by atoms with Crippen molar-refractivity contribution in [2.45, 2.75) is 6.18 Å². The molecule has 0 spiro atoms. The Hall–Kier alpha value is -3.30. The number of para-hydroxylation sites is 1. The van der Waals surface area contributed by atoms with Gasteiger partial charge in [-0.2, -0.15) is 13.2 Å². The summed E-state index contributed by atoms with van der Waals surface area (Å²) < 4.78 is 43.8. The van der Waals surface area contributed by atoms with Gasteiger partial charge in [0.25, 0.3) is 11.6 Å². The van der Waals surface area contributed by atoms with Gasteiger partial charge in [0.15, 0.2) is 0 Å². The summed E-state index contributed by atoms with van der Waals surface area (Å²) in [6.07, 6.45) is -4.66. The van der Waals surface area contributed by atoms with Crippen molar-refractivity contribution in [1.82, 2.24) is 4.90 Å². The molecule has 2 aromatic rings. The van der Waals surface area contributed by atoms with Gasteiger partial charge in [-0.3, -0.25) is 14.9 Å². The number of rotatable bonds is 4. The average molecular weight is 409 g/mol. The summed E-state index contributed by atoms with van der Waals surface area (Å²) in [7, 11) is 1.47. The van der Waals surface area contributed by atoms with Crippen LogP contribution in [-0.4, -0.2) is 49.0 Å². The molecule has 0 radical (unpaired) electrons. The summed E-state index contributed by atoms with van der Waals surface area (Å²) in [5.74, 6) is 0.210. The van der Waals surface area contributed by atoms with Crippen molar-refractivity contribution in [2.24, 2.45) is 0 Å². The Morgan fingerprint density at radius 2 is 1.76 bits per heavy atom. The van der Waals surface area contributed by atoms with Crippen LogP contribution >= 0.6 is 0 Å². The molecule has 29 heavy (non-hydrogen) atoms. The fraction of sp³-hybridized carbons (Fsp3) is 0.316. The SMILES string of the molecule is COc1ccccc1C(=O)N1CCN(c2ccc(C(F)(F)F)cc2[N+](=O)[O-])CC1. The van der Waals surface area contributed by atoms with Gasteiger partial charge in [-0.05, 0) is 24.3 Å². The van der Waals surface area contributed by atoms with Gasteiger partial charge in [-0.15, -0.1) is 0 Å². The third kappa shape index (κ3) is 4.25. The maximum absolute atomic E-state index is 12.9. The summed E-state index contributed by atoms with van der Waals surface area (Å²) in [5.41, 5.74) is -1.17. The number of hydrogen-bond acceptors (Lipinski definition) is 5. The van der Waals surface area contributed by atoms with Crippen molar-refractivity contribution >= 4 is 17.3 Å². The van der Waals surface area contributed by atoms with Crippen molar-refractivity contribution < 1.29 is 27.6 Å². The number of alkyl halides is 3. The Kier molecular flexibility index (Phi) is 5.62. The molecule has 10 heteroatoms. The van der Waals surface area contributed by atoms with Gasteiger partial charge in [0.2, 0.25) is 0 Å². The van der Waals surface area contributed by atoms with Crippen LogP contribution in [0.3, 0.4) is 0 Å². The number of nitro groups is 1. The first-order valence-electron chi connectivity index (χ1n) is 8.75. The highest BCUT2D eigenvalue weighted by molar-refractivity contribution is 5.97. The van der Waals surface area contributed by atoms with Gasteiger partial charge in [0.1, 0.15) is 11.4 Å². The van der Waals surface area contributed by atoms with E-state index < -0.39 is 22.4 Å². The summed E-state index contributed by atoms with van der Waals surface area (Å²) >= 11 is 0. The molecule has 0 aliphatic carbocycles. The quantitative estimate of drug-likeness (QED) is 0.570. The minimum atomic E-state index is -4.66. The number of nitro benzene ring substituents is 1. The molecule has 0 aromatic heterocycles. The molecule has 1 aliphatic rings. The van der Waals surface area contributed by atoms with Crippen molar-refractivity contribution in [2.75, 3.05) is 38.2 Å². The van der Waals surface area contributed by atoms with Crippen LogP contribution in [0.4, 0.5) is 24.5 Å². The third-order valence-electron chi connectivity index (χ3n) is 4.74. The van der Waals surface area contributed by atoms with Gasteiger partial charge in [-0.25, -0.2) is 0 Å². The van der Waals surface area contributed by atoms with Crippen molar-refractivity contribution in [1.29, 1.82) is 0 Å².